The lowest BCUT2D eigenvalue weighted by molar-refractivity contribution is 0.393. The van der Waals surface area contributed by atoms with Crippen LogP contribution in [0.2, 0.25) is 0 Å². The molecule has 0 spiro atoms. The van der Waals surface area contributed by atoms with Gasteiger partial charge in [-0.25, -0.2) is 0 Å². The lowest BCUT2D eigenvalue weighted by atomic mass is 9.91. The lowest BCUT2D eigenvalue weighted by Crippen LogP contribution is -2.10. The van der Waals surface area contributed by atoms with Crippen molar-refractivity contribution in [2.24, 2.45) is 5.92 Å². The number of allylic oxidation sites excluding steroid dienone is 2. The summed E-state index contributed by atoms with van der Waals surface area (Å²) in [4.78, 5) is 0. The second-order valence-electron chi connectivity index (χ2n) is 3.17. The topological polar surface area (TPSA) is 9.23 Å². The number of thioether (sulfide) groups is 1. The van der Waals surface area contributed by atoms with Gasteiger partial charge in [-0.1, -0.05) is 0 Å². The molecule has 1 heterocycles. The van der Waals surface area contributed by atoms with E-state index in [9.17, 15) is 0 Å². The summed E-state index contributed by atoms with van der Waals surface area (Å²) in [6.07, 6.45) is 5.78. The van der Waals surface area contributed by atoms with Crippen molar-refractivity contribution in [3.63, 3.8) is 0 Å². The van der Waals surface area contributed by atoms with E-state index >= 15 is 0 Å². The van der Waals surface area contributed by atoms with Crippen molar-refractivity contribution in [3.05, 3.63) is 11.8 Å². The first-order valence-electron chi connectivity index (χ1n) is 4.02. The number of rotatable bonds is 2. The Hall–Kier alpha value is 0.240. The van der Waals surface area contributed by atoms with E-state index in [1.54, 1.807) is 0 Å². The molecule has 62 valence electrons. The van der Waals surface area contributed by atoms with Crippen molar-refractivity contribution in [1.82, 2.24) is 0 Å². The van der Waals surface area contributed by atoms with Crippen LogP contribution in [-0.4, -0.2) is 11.0 Å². The minimum atomic E-state index is 0.923. The van der Waals surface area contributed by atoms with E-state index in [0.29, 0.717) is 0 Å². The van der Waals surface area contributed by atoms with Crippen molar-refractivity contribution >= 4 is 24.7 Å². The van der Waals surface area contributed by atoms with Gasteiger partial charge >= 0.3 is 0 Å². The molecule has 3 heteroatoms. The standard InChI is InChI=1S/C8H12OS2/c10-9-7-3-1-6(2-4-7)8-5-11-8/h3,6,8,10H,1-2,4-5H2. The van der Waals surface area contributed by atoms with Gasteiger partial charge in [-0.2, -0.15) is 11.8 Å². The summed E-state index contributed by atoms with van der Waals surface area (Å²) >= 11 is 5.88. The Labute approximate surface area is 77.2 Å². The molecule has 2 rings (SSSR count). The highest BCUT2D eigenvalue weighted by Crippen LogP contribution is 2.42. The third-order valence-corrected chi connectivity index (χ3v) is 3.75. The Morgan fingerprint density at radius 1 is 1.64 bits per heavy atom. The van der Waals surface area contributed by atoms with Gasteiger partial charge < -0.3 is 4.18 Å². The maximum absolute atomic E-state index is 4.89. The van der Waals surface area contributed by atoms with E-state index in [1.165, 1.54) is 18.6 Å². The highest BCUT2D eigenvalue weighted by atomic mass is 32.2. The van der Waals surface area contributed by atoms with Gasteiger partial charge in [-0.05, 0) is 24.8 Å². The fraction of sp³-hybridized carbons (Fsp3) is 0.750. The number of hydrogen-bond donors (Lipinski definition) is 1. The predicted octanol–water partition coefficient (Wildman–Crippen LogP) is 2.65. The monoisotopic (exact) mass is 188 g/mol. The van der Waals surface area contributed by atoms with E-state index in [0.717, 1.165) is 23.3 Å². The highest BCUT2D eigenvalue weighted by molar-refractivity contribution is 8.06. The van der Waals surface area contributed by atoms with Gasteiger partial charge in [0.25, 0.3) is 0 Å². The lowest BCUT2D eigenvalue weighted by Gasteiger charge is -2.18. The molecule has 0 aromatic carbocycles. The molecule has 0 aromatic rings. The fourth-order valence-corrected chi connectivity index (χ4v) is 2.65. The van der Waals surface area contributed by atoms with E-state index in [4.69, 9.17) is 4.18 Å². The largest absolute Gasteiger partial charge is 0.434 e. The molecule has 0 radical (unpaired) electrons. The zero-order valence-corrected chi connectivity index (χ0v) is 8.04. The Balaban J connectivity index is 1.87. The van der Waals surface area contributed by atoms with Crippen LogP contribution in [0.15, 0.2) is 11.8 Å². The normalized spacial score (nSPS) is 36.3. The highest BCUT2D eigenvalue weighted by Gasteiger charge is 2.32. The molecule has 0 aromatic heterocycles. The second-order valence-corrected chi connectivity index (χ2v) is 4.62. The smallest absolute Gasteiger partial charge is 0.110 e. The Morgan fingerprint density at radius 3 is 2.91 bits per heavy atom. The molecule has 0 saturated carbocycles. The third-order valence-electron chi connectivity index (χ3n) is 2.41. The summed E-state index contributed by atoms with van der Waals surface area (Å²) in [6, 6.07) is 0. The molecule has 0 bridgehead atoms. The summed E-state index contributed by atoms with van der Waals surface area (Å²) < 4.78 is 4.89. The quantitative estimate of drug-likeness (QED) is 0.405. The summed E-state index contributed by atoms with van der Waals surface area (Å²) in [5, 5.41) is 0.965. The minimum Gasteiger partial charge on any atom is -0.434 e. The summed E-state index contributed by atoms with van der Waals surface area (Å²) in [7, 11) is 0. The molecular formula is C8H12OS2. The minimum absolute atomic E-state index is 0.923. The molecule has 1 nitrogen and oxygen atoms in total. The fourth-order valence-electron chi connectivity index (χ4n) is 1.58. The molecule has 1 fully saturated rings. The van der Waals surface area contributed by atoms with Gasteiger partial charge in [-0.15, -0.1) is 0 Å². The van der Waals surface area contributed by atoms with Crippen molar-refractivity contribution in [2.45, 2.75) is 24.5 Å². The summed E-state index contributed by atoms with van der Waals surface area (Å²) in [6.45, 7) is 0. The number of hydrogen-bond acceptors (Lipinski definition) is 3. The maximum atomic E-state index is 4.89. The zero-order chi connectivity index (χ0) is 7.68. The van der Waals surface area contributed by atoms with Crippen molar-refractivity contribution in [2.75, 3.05) is 5.75 Å². The molecule has 11 heavy (non-hydrogen) atoms. The summed E-state index contributed by atoms with van der Waals surface area (Å²) in [5.41, 5.74) is 0. The molecule has 1 saturated heterocycles. The first kappa shape index (κ1) is 7.87. The van der Waals surface area contributed by atoms with Gasteiger partial charge in [0.2, 0.25) is 0 Å². The zero-order valence-electron chi connectivity index (χ0n) is 6.32. The number of thiol groups is 1. The van der Waals surface area contributed by atoms with Crippen molar-refractivity contribution < 1.29 is 4.18 Å². The van der Waals surface area contributed by atoms with Crippen LogP contribution >= 0.6 is 24.7 Å². The summed E-state index contributed by atoms with van der Waals surface area (Å²) in [5.74, 6) is 3.37. The van der Waals surface area contributed by atoms with Crippen LogP contribution in [0.25, 0.3) is 0 Å². The molecule has 0 amide bonds. The van der Waals surface area contributed by atoms with Crippen LogP contribution in [0, 0.1) is 5.92 Å². The first-order valence-corrected chi connectivity index (χ1v) is 5.43. The van der Waals surface area contributed by atoms with E-state index < -0.39 is 0 Å². The van der Waals surface area contributed by atoms with Gasteiger partial charge in [0.15, 0.2) is 0 Å². The van der Waals surface area contributed by atoms with Gasteiger partial charge in [0, 0.05) is 30.3 Å². The molecular weight excluding hydrogens is 176 g/mol. The van der Waals surface area contributed by atoms with Crippen LogP contribution in [0.5, 0.6) is 0 Å². The molecule has 2 unspecified atom stereocenters. The van der Waals surface area contributed by atoms with Crippen LogP contribution in [0.1, 0.15) is 19.3 Å². The van der Waals surface area contributed by atoms with Crippen LogP contribution < -0.4 is 0 Å². The molecule has 1 aliphatic carbocycles. The van der Waals surface area contributed by atoms with Crippen LogP contribution in [0.4, 0.5) is 0 Å². The first-order chi connectivity index (χ1) is 5.40. The molecule has 0 N–H and O–H groups in total. The van der Waals surface area contributed by atoms with Gasteiger partial charge in [0.05, 0.1) is 0 Å². The van der Waals surface area contributed by atoms with Crippen molar-refractivity contribution in [3.8, 4) is 0 Å². The molecule has 2 aliphatic rings. The molecule has 1 aliphatic heterocycles. The van der Waals surface area contributed by atoms with Crippen LogP contribution in [-0.2, 0) is 4.18 Å². The maximum Gasteiger partial charge on any atom is 0.110 e. The average Bonchev–Trinajstić information content (AvgIpc) is 2.87. The predicted molar refractivity (Wildman–Crippen MR) is 51.7 cm³/mol. The van der Waals surface area contributed by atoms with Gasteiger partial charge in [-0.3, -0.25) is 0 Å². The molecule has 2 atom stereocenters. The van der Waals surface area contributed by atoms with E-state index in [-0.39, 0.29) is 0 Å². The van der Waals surface area contributed by atoms with Crippen LogP contribution in [0.3, 0.4) is 0 Å². The SMILES string of the molecule is SOC1=CCC(C2CS2)CC1. The average molecular weight is 188 g/mol. The third kappa shape index (κ3) is 1.88. The Morgan fingerprint density at radius 2 is 2.45 bits per heavy atom. The Kier molecular flexibility index (Phi) is 2.37. The van der Waals surface area contributed by atoms with E-state index in [2.05, 4.69) is 30.7 Å². The van der Waals surface area contributed by atoms with E-state index in [1.807, 2.05) is 0 Å². The van der Waals surface area contributed by atoms with Gasteiger partial charge in [0.1, 0.15) is 5.76 Å². The second kappa shape index (κ2) is 3.31. The van der Waals surface area contributed by atoms with Crippen molar-refractivity contribution in [1.29, 1.82) is 0 Å². The Bertz CT molecular complexity index is 175.